The molecule has 0 amide bonds. The van der Waals surface area contributed by atoms with Gasteiger partial charge < -0.3 is 19.3 Å². The Morgan fingerprint density at radius 2 is 1.76 bits per heavy atom. The maximum atomic E-state index is 11.0. The van der Waals surface area contributed by atoms with Crippen molar-refractivity contribution in [3.05, 3.63) is 65.9 Å². The second-order valence-corrected chi connectivity index (χ2v) is 10.1. The molecule has 1 saturated heterocycles. The van der Waals surface area contributed by atoms with Crippen LogP contribution in [0.25, 0.3) is 5.69 Å². The second kappa shape index (κ2) is 12.1. The summed E-state index contributed by atoms with van der Waals surface area (Å²) in [6.45, 7) is 8.14. The summed E-state index contributed by atoms with van der Waals surface area (Å²) in [6, 6.07) is 17.7. The Labute approximate surface area is 219 Å². The first-order chi connectivity index (χ1) is 18.1. The van der Waals surface area contributed by atoms with Crippen LogP contribution in [0.4, 0.5) is 0 Å². The predicted octanol–water partition coefficient (Wildman–Crippen LogP) is 3.89. The molecule has 1 aliphatic heterocycles. The molecular weight excluding hydrogens is 468 g/mol. The number of aliphatic hydroxyl groups is 1. The topological polar surface area (TPSA) is 72.2 Å². The Morgan fingerprint density at radius 3 is 2.46 bits per heavy atom. The summed E-state index contributed by atoms with van der Waals surface area (Å²) in [4.78, 5) is 4.66. The summed E-state index contributed by atoms with van der Waals surface area (Å²) >= 11 is 0. The molecule has 0 bridgehead atoms. The van der Waals surface area contributed by atoms with Crippen LogP contribution in [0, 0.1) is 12.8 Å². The van der Waals surface area contributed by atoms with Crippen molar-refractivity contribution in [2.45, 2.75) is 32.4 Å². The number of benzene rings is 2. The maximum absolute atomic E-state index is 11.0. The highest BCUT2D eigenvalue weighted by Crippen LogP contribution is 2.37. The summed E-state index contributed by atoms with van der Waals surface area (Å²) < 4.78 is 19.5. The number of β-amino-alcohol motifs (C(OH)–C–C–N with tert-alkyl or cyclic N) is 1. The lowest BCUT2D eigenvalue weighted by atomic mass is 10.2. The molecule has 0 radical (unpaired) electrons. The van der Waals surface area contributed by atoms with E-state index in [2.05, 4.69) is 9.80 Å². The molecule has 8 nitrogen and oxygen atoms in total. The van der Waals surface area contributed by atoms with E-state index < -0.39 is 6.10 Å². The molecule has 8 heteroatoms. The summed E-state index contributed by atoms with van der Waals surface area (Å²) in [7, 11) is 1.65. The molecule has 1 aliphatic carbocycles. The standard InChI is InChI=1S/C29H38N4O4/c1-22-26(21-32(18-23-12-13-23)20-25(34)19-31-14-16-36-17-15-31)29(33(30-22)24-8-4-3-5-9-24)37-28-11-7-6-10-27(28)35-2/h3-11,23,25,34H,12-21H2,1-2H3. The Hall–Kier alpha value is -2.91. The molecule has 0 spiro atoms. The monoisotopic (exact) mass is 506 g/mol. The number of aliphatic hydroxyl groups excluding tert-OH is 1. The highest BCUT2D eigenvalue weighted by molar-refractivity contribution is 5.47. The maximum Gasteiger partial charge on any atom is 0.227 e. The van der Waals surface area contributed by atoms with E-state index in [0.717, 1.165) is 49.8 Å². The first-order valence-corrected chi connectivity index (χ1v) is 13.3. The van der Waals surface area contributed by atoms with Gasteiger partial charge in [-0.2, -0.15) is 5.10 Å². The SMILES string of the molecule is COc1ccccc1Oc1c(CN(CC(O)CN2CCOCC2)CC2CC2)c(C)nn1-c1ccccc1. The number of aryl methyl sites for hydroxylation is 1. The molecule has 5 rings (SSSR count). The van der Waals surface area contributed by atoms with Crippen molar-refractivity contribution >= 4 is 0 Å². The second-order valence-electron chi connectivity index (χ2n) is 10.1. The van der Waals surface area contributed by atoms with Crippen molar-refractivity contribution in [2.24, 2.45) is 5.92 Å². The van der Waals surface area contributed by atoms with Gasteiger partial charge in [0.05, 0.1) is 43.4 Å². The molecular formula is C29H38N4O4. The molecule has 1 atom stereocenters. The molecule has 1 aromatic heterocycles. The molecule has 2 aliphatic rings. The predicted molar refractivity (Wildman–Crippen MR) is 143 cm³/mol. The number of hydrogen-bond donors (Lipinski definition) is 1. The van der Waals surface area contributed by atoms with E-state index in [0.29, 0.717) is 42.9 Å². The third kappa shape index (κ3) is 6.70. The smallest absolute Gasteiger partial charge is 0.227 e. The van der Waals surface area contributed by atoms with Crippen molar-refractivity contribution in [2.75, 3.05) is 53.0 Å². The van der Waals surface area contributed by atoms with Crippen LogP contribution in [0.2, 0.25) is 0 Å². The zero-order valence-electron chi connectivity index (χ0n) is 21.9. The molecule has 198 valence electrons. The minimum absolute atomic E-state index is 0.431. The van der Waals surface area contributed by atoms with Crippen LogP contribution in [-0.4, -0.2) is 83.8 Å². The lowest BCUT2D eigenvalue weighted by Gasteiger charge is -2.31. The van der Waals surface area contributed by atoms with Crippen LogP contribution in [0.5, 0.6) is 17.4 Å². The zero-order chi connectivity index (χ0) is 25.6. The molecule has 2 aromatic carbocycles. The van der Waals surface area contributed by atoms with Gasteiger partial charge >= 0.3 is 0 Å². The average molecular weight is 507 g/mol. The third-order valence-corrected chi connectivity index (χ3v) is 7.05. The van der Waals surface area contributed by atoms with Gasteiger partial charge in [0.25, 0.3) is 0 Å². The van der Waals surface area contributed by atoms with Gasteiger partial charge in [0, 0.05) is 39.3 Å². The number of methoxy groups -OCH3 is 1. The van der Waals surface area contributed by atoms with Crippen molar-refractivity contribution in [1.82, 2.24) is 19.6 Å². The molecule has 37 heavy (non-hydrogen) atoms. The van der Waals surface area contributed by atoms with Crippen LogP contribution in [0.3, 0.4) is 0 Å². The normalized spacial score (nSPS) is 17.2. The lowest BCUT2D eigenvalue weighted by molar-refractivity contribution is 0.00585. The quantitative estimate of drug-likeness (QED) is 0.400. The third-order valence-electron chi connectivity index (χ3n) is 7.05. The van der Waals surface area contributed by atoms with Gasteiger partial charge in [0.1, 0.15) is 0 Å². The number of morpholine rings is 1. The van der Waals surface area contributed by atoms with Crippen LogP contribution >= 0.6 is 0 Å². The number of rotatable bonds is 12. The van der Waals surface area contributed by atoms with Crippen molar-refractivity contribution < 1.29 is 19.3 Å². The van der Waals surface area contributed by atoms with E-state index in [9.17, 15) is 5.11 Å². The van der Waals surface area contributed by atoms with Crippen molar-refractivity contribution in [3.63, 3.8) is 0 Å². The number of para-hydroxylation sites is 3. The fourth-order valence-corrected chi connectivity index (χ4v) is 4.91. The Balaban J connectivity index is 1.42. The summed E-state index contributed by atoms with van der Waals surface area (Å²) in [5.41, 5.74) is 2.87. The van der Waals surface area contributed by atoms with Crippen LogP contribution in [0.1, 0.15) is 24.1 Å². The number of nitrogens with zero attached hydrogens (tertiary/aromatic N) is 4. The number of ether oxygens (including phenoxy) is 3. The van der Waals surface area contributed by atoms with Gasteiger partial charge in [-0.1, -0.05) is 30.3 Å². The van der Waals surface area contributed by atoms with Crippen LogP contribution in [-0.2, 0) is 11.3 Å². The van der Waals surface area contributed by atoms with Gasteiger partial charge in [-0.3, -0.25) is 9.80 Å². The van der Waals surface area contributed by atoms with E-state index in [1.54, 1.807) is 7.11 Å². The van der Waals surface area contributed by atoms with Gasteiger partial charge in [0.2, 0.25) is 5.88 Å². The highest BCUT2D eigenvalue weighted by Gasteiger charge is 2.29. The lowest BCUT2D eigenvalue weighted by Crippen LogP contribution is -2.44. The molecule has 2 fully saturated rings. The first-order valence-electron chi connectivity index (χ1n) is 13.3. The number of aromatic nitrogens is 2. The minimum Gasteiger partial charge on any atom is -0.493 e. The number of hydrogen-bond acceptors (Lipinski definition) is 7. The zero-order valence-corrected chi connectivity index (χ0v) is 21.9. The van der Waals surface area contributed by atoms with E-state index in [1.807, 2.05) is 66.2 Å². The Kier molecular flexibility index (Phi) is 8.41. The van der Waals surface area contributed by atoms with Crippen molar-refractivity contribution in [1.29, 1.82) is 0 Å². The highest BCUT2D eigenvalue weighted by atomic mass is 16.5. The van der Waals surface area contributed by atoms with Gasteiger partial charge in [-0.05, 0) is 49.9 Å². The molecule has 1 unspecified atom stereocenters. The summed E-state index contributed by atoms with van der Waals surface area (Å²) in [6.07, 6.45) is 2.08. The molecule has 1 saturated carbocycles. The van der Waals surface area contributed by atoms with Crippen molar-refractivity contribution in [3.8, 4) is 23.1 Å². The van der Waals surface area contributed by atoms with Gasteiger partial charge in [-0.15, -0.1) is 0 Å². The molecule has 1 N–H and O–H groups in total. The Bertz CT molecular complexity index is 1140. The molecule has 3 aromatic rings. The van der Waals surface area contributed by atoms with E-state index in [-0.39, 0.29) is 0 Å². The average Bonchev–Trinajstić information content (AvgIpc) is 3.69. The van der Waals surface area contributed by atoms with Crippen LogP contribution in [0.15, 0.2) is 54.6 Å². The Morgan fingerprint density at radius 1 is 1.05 bits per heavy atom. The first kappa shape index (κ1) is 25.7. The van der Waals surface area contributed by atoms with E-state index in [1.165, 1.54) is 12.8 Å². The van der Waals surface area contributed by atoms with E-state index in [4.69, 9.17) is 19.3 Å². The largest absolute Gasteiger partial charge is 0.493 e. The van der Waals surface area contributed by atoms with Crippen LogP contribution < -0.4 is 9.47 Å². The van der Waals surface area contributed by atoms with Gasteiger partial charge in [0.15, 0.2) is 11.5 Å². The summed E-state index contributed by atoms with van der Waals surface area (Å²) in [5.74, 6) is 2.68. The van der Waals surface area contributed by atoms with Gasteiger partial charge in [-0.25, -0.2) is 4.68 Å². The summed E-state index contributed by atoms with van der Waals surface area (Å²) in [5, 5.41) is 15.9. The fourth-order valence-electron chi connectivity index (χ4n) is 4.91. The molecule has 2 heterocycles. The van der Waals surface area contributed by atoms with E-state index >= 15 is 0 Å². The minimum atomic E-state index is -0.431. The fraction of sp³-hybridized carbons (Fsp3) is 0.483.